The standard InChI is InChI=1S/C13H14BrF2NO3/c1-20-11-4-3-9(14)6-8(11)2-5-12(19)17-7-10(18)13(15)16/h2-6,10,13,18H,7H2,1H3,(H,17,19)/b5-2+. The summed E-state index contributed by atoms with van der Waals surface area (Å²) in [6, 6.07) is 5.26. The summed E-state index contributed by atoms with van der Waals surface area (Å²) in [4.78, 5) is 11.4. The Morgan fingerprint density at radius 2 is 2.25 bits per heavy atom. The Labute approximate surface area is 123 Å². The van der Waals surface area contributed by atoms with Crippen LogP contribution in [0.3, 0.4) is 0 Å². The van der Waals surface area contributed by atoms with Crippen LogP contribution < -0.4 is 10.1 Å². The largest absolute Gasteiger partial charge is 0.496 e. The fourth-order valence-electron chi connectivity index (χ4n) is 1.35. The number of nitrogens with one attached hydrogen (secondary N) is 1. The maximum absolute atomic E-state index is 12.0. The van der Waals surface area contributed by atoms with Gasteiger partial charge < -0.3 is 15.2 Å². The number of methoxy groups -OCH3 is 1. The SMILES string of the molecule is COc1ccc(Br)cc1/C=C/C(=O)NCC(O)C(F)F. The van der Waals surface area contributed by atoms with Crippen LogP contribution in [0.1, 0.15) is 5.56 Å². The predicted molar refractivity (Wildman–Crippen MR) is 74.7 cm³/mol. The summed E-state index contributed by atoms with van der Waals surface area (Å²) in [5.41, 5.74) is 0.659. The monoisotopic (exact) mass is 349 g/mol. The van der Waals surface area contributed by atoms with Crippen LogP contribution >= 0.6 is 15.9 Å². The molecule has 1 rings (SSSR count). The number of ether oxygens (including phenoxy) is 1. The number of carbonyl (C=O) groups excluding carboxylic acids is 1. The summed E-state index contributed by atoms with van der Waals surface area (Å²) in [5.74, 6) is -0.00315. The molecule has 0 aromatic heterocycles. The zero-order chi connectivity index (χ0) is 15.1. The summed E-state index contributed by atoms with van der Waals surface area (Å²) < 4.78 is 30.0. The predicted octanol–water partition coefficient (Wildman–Crippen LogP) is 2.21. The highest BCUT2D eigenvalue weighted by Gasteiger charge is 2.16. The van der Waals surface area contributed by atoms with E-state index in [2.05, 4.69) is 21.2 Å². The highest BCUT2D eigenvalue weighted by atomic mass is 79.9. The minimum atomic E-state index is -2.88. The number of benzene rings is 1. The van der Waals surface area contributed by atoms with Gasteiger partial charge in [0.1, 0.15) is 11.9 Å². The molecule has 0 radical (unpaired) electrons. The molecule has 1 amide bonds. The highest BCUT2D eigenvalue weighted by molar-refractivity contribution is 9.10. The molecule has 110 valence electrons. The number of aliphatic hydroxyl groups is 1. The van der Waals surface area contributed by atoms with Gasteiger partial charge in [-0.25, -0.2) is 8.78 Å². The summed E-state index contributed by atoms with van der Waals surface area (Å²) in [5, 5.41) is 11.0. The molecular formula is C13H14BrF2NO3. The van der Waals surface area contributed by atoms with Gasteiger partial charge in [-0.05, 0) is 24.3 Å². The molecule has 0 aliphatic heterocycles. The summed E-state index contributed by atoms with van der Waals surface area (Å²) in [6.45, 7) is -0.504. The Hall–Kier alpha value is -1.47. The molecule has 2 N–H and O–H groups in total. The number of aliphatic hydroxyl groups excluding tert-OH is 1. The minimum Gasteiger partial charge on any atom is -0.496 e. The third kappa shape index (κ3) is 5.26. The molecule has 1 aromatic carbocycles. The first kappa shape index (κ1) is 16.6. The lowest BCUT2D eigenvalue weighted by atomic mass is 10.2. The van der Waals surface area contributed by atoms with Gasteiger partial charge in [0, 0.05) is 22.7 Å². The Morgan fingerprint density at radius 1 is 1.55 bits per heavy atom. The van der Waals surface area contributed by atoms with E-state index in [0.717, 1.165) is 4.47 Å². The number of rotatable bonds is 6. The van der Waals surface area contributed by atoms with E-state index >= 15 is 0 Å². The number of alkyl halides is 2. The van der Waals surface area contributed by atoms with E-state index < -0.39 is 25.0 Å². The van der Waals surface area contributed by atoms with Crippen molar-refractivity contribution in [1.29, 1.82) is 0 Å². The van der Waals surface area contributed by atoms with Crippen molar-refractivity contribution in [3.63, 3.8) is 0 Å². The van der Waals surface area contributed by atoms with Crippen molar-refractivity contribution in [2.24, 2.45) is 0 Å². The number of carbonyl (C=O) groups is 1. The zero-order valence-electron chi connectivity index (χ0n) is 10.6. The number of amides is 1. The van der Waals surface area contributed by atoms with Gasteiger partial charge in [-0.3, -0.25) is 4.79 Å². The van der Waals surface area contributed by atoms with Crippen LogP contribution in [0.4, 0.5) is 8.78 Å². The van der Waals surface area contributed by atoms with Gasteiger partial charge in [-0.2, -0.15) is 0 Å². The molecule has 0 spiro atoms. The number of halogens is 3. The second kappa shape index (κ2) is 7.96. The Balaban J connectivity index is 2.63. The smallest absolute Gasteiger partial charge is 0.265 e. The average molecular weight is 350 g/mol. The van der Waals surface area contributed by atoms with Crippen LogP contribution in [0.15, 0.2) is 28.7 Å². The van der Waals surface area contributed by atoms with Gasteiger partial charge in [0.2, 0.25) is 5.91 Å². The molecule has 20 heavy (non-hydrogen) atoms. The summed E-state index contributed by atoms with van der Waals surface area (Å²) in [6.07, 6.45) is -2.08. The Bertz CT molecular complexity index is 495. The van der Waals surface area contributed by atoms with E-state index in [0.29, 0.717) is 11.3 Å². The first-order valence-electron chi connectivity index (χ1n) is 5.69. The normalized spacial score (nSPS) is 12.7. The molecule has 0 saturated carbocycles. The van der Waals surface area contributed by atoms with Crippen molar-refractivity contribution < 1.29 is 23.4 Å². The molecule has 0 fully saturated rings. The lowest BCUT2D eigenvalue weighted by Crippen LogP contribution is -2.34. The van der Waals surface area contributed by atoms with Gasteiger partial charge in [0.05, 0.1) is 7.11 Å². The lowest BCUT2D eigenvalue weighted by Gasteiger charge is -2.09. The quantitative estimate of drug-likeness (QED) is 0.774. The van der Waals surface area contributed by atoms with E-state index in [4.69, 9.17) is 9.84 Å². The van der Waals surface area contributed by atoms with Crippen LogP contribution in [-0.4, -0.2) is 37.2 Å². The molecule has 0 heterocycles. The van der Waals surface area contributed by atoms with E-state index in [9.17, 15) is 13.6 Å². The number of hydrogen-bond acceptors (Lipinski definition) is 3. The second-order valence-electron chi connectivity index (χ2n) is 3.87. The van der Waals surface area contributed by atoms with Crippen LogP contribution in [0, 0.1) is 0 Å². The van der Waals surface area contributed by atoms with Crippen LogP contribution in [0.25, 0.3) is 6.08 Å². The Morgan fingerprint density at radius 3 is 2.85 bits per heavy atom. The fourth-order valence-corrected chi connectivity index (χ4v) is 1.73. The van der Waals surface area contributed by atoms with E-state index in [-0.39, 0.29) is 0 Å². The molecule has 0 saturated heterocycles. The second-order valence-corrected chi connectivity index (χ2v) is 4.78. The van der Waals surface area contributed by atoms with E-state index in [1.54, 1.807) is 18.2 Å². The summed E-state index contributed by atoms with van der Waals surface area (Å²) in [7, 11) is 1.50. The van der Waals surface area contributed by atoms with Gasteiger partial charge >= 0.3 is 0 Å². The number of hydrogen-bond donors (Lipinski definition) is 2. The molecule has 1 unspecified atom stereocenters. The fraction of sp³-hybridized carbons (Fsp3) is 0.308. The van der Waals surface area contributed by atoms with Gasteiger partial charge in [-0.1, -0.05) is 15.9 Å². The minimum absolute atomic E-state index is 0.504. The third-order valence-electron chi connectivity index (χ3n) is 2.38. The van der Waals surface area contributed by atoms with Crippen LogP contribution in [0.2, 0.25) is 0 Å². The topological polar surface area (TPSA) is 58.6 Å². The van der Waals surface area contributed by atoms with E-state index in [1.165, 1.54) is 19.3 Å². The molecule has 0 aliphatic rings. The van der Waals surface area contributed by atoms with E-state index in [1.807, 2.05) is 0 Å². The van der Waals surface area contributed by atoms with Crippen molar-refractivity contribution in [2.75, 3.05) is 13.7 Å². The van der Waals surface area contributed by atoms with Gasteiger partial charge in [0.15, 0.2) is 0 Å². The van der Waals surface area contributed by atoms with Crippen LogP contribution in [0.5, 0.6) is 5.75 Å². The molecule has 7 heteroatoms. The van der Waals surface area contributed by atoms with Crippen molar-refractivity contribution >= 4 is 27.9 Å². The van der Waals surface area contributed by atoms with Crippen molar-refractivity contribution in [3.05, 3.63) is 34.3 Å². The molecule has 0 bridgehead atoms. The van der Waals surface area contributed by atoms with Crippen molar-refractivity contribution in [2.45, 2.75) is 12.5 Å². The maximum Gasteiger partial charge on any atom is 0.265 e. The van der Waals surface area contributed by atoms with Gasteiger partial charge in [0.25, 0.3) is 6.43 Å². The molecule has 1 aromatic rings. The zero-order valence-corrected chi connectivity index (χ0v) is 12.2. The molecule has 0 aliphatic carbocycles. The summed E-state index contributed by atoms with van der Waals surface area (Å²) >= 11 is 3.29. The maximum atomic E-state index is 12.0. The first-order chi connectivity index (χ1) is 9.43. The Kier molecular flexibility index (Phi) is 6.60. The van der Waals surface area contributed by atoms with Crippen molar-refractivity contribution in [3.8, 4) is 5.75 Å². The van der Waals surface area contributed by atoms with Crippen molar-refractivity contribution in [1.82, 2.24) is 5.32 Å². The molecular weight excluding hydrogens is 336 g/mol. The first-order valence-corrected chi connectivity index (χ1v) is 6.49. The van der Waals surface area contributed by atoms with Crippen LogP contribution in [-0.2, 0) is 4.79 Å². The molecule has 4 nitrogen and oxygen atoms in total. The highest BCUT2D eigenvalue weighted by Crippen LogP contribution is 2.23. The molecule has 1 atom stereocenters. The third-order valence-corrected chi connectivity index (χ3v) is 2.88. The average Bonchev–Trinajstić information content (AvgIpc) is 2.42. The lowest BCUT2D eigenvalue weighted by molar-refractivity contribution is -0.117. The van der Waals surface area contributed by atoms with Gasteiger partial charge in [-0.15, -0.1) is 0 Å².